The van der Waals surface area contributed by atoms with Gasteiger partial charge in [0, 0.05) is 43.6 Å². The molecule has 6 rings (SSSR count). The van der Waals surface area contributed by atoms with E-state index in [0.29, 0.717) is 5.56 Å². The lowest BCUT2D eigenvalue weighted by Crippen LogP contribution is -2.82. The fraction of sp³-hybridized carbons (Fsp3) is 0.447. The minimum Gasteiger partial charge on any atom is -0.456 e. The fourth-order valence-electron chi connectivity index (χ4n) is 9.72. The molecule has 62 heavy (non-hydrogen) atoms. The van der Waals surface area contributed by atoms with E-state index in [2.05, 4.69) is 34.9 Å². The summed E-state index contributed by atoms with van der Waals surface area (Å²) in [6, 6.07) is 14.9. The summed E-state index contributed by atoms with van der Waals surface area (Å²) >= 11 is 0. The number of ketones is 1. The van der Waals surface area contributed by atoms with Gasteiger partial charge in [0.2, 0.25) is 0 Å². The Bertz CT molecular complexity index is 2360. The lowest BCUT2D eigenvalue weighted by molar-refractivity contribution is -0.347. The van der Waals surface area contributed by atoms with Gasteiger partial charge in [-0.25, -0.2) is 9.59 Å². The highest BCUT2D eigenvalue weighted by Gasteiger charge is 2.78. The van der Waals surface area contributed by atoms with E-state index in [0.717, 1.165) is 13.8 Å². The quantitative estimate of drug-likeness (QED) is 0.0934. The van der Waals surface area contributed by atoms with Crippen LogP contribution in [0.15, 0.2) is 71.8 Å². The number of aliphatic hydroxyl groups excluding tert-OH is 2. The van der Waals surface area contributed by atoms with Crippen molar-refractivity contribution in [2.75, 3.05) is 6.61 Å². The van der Waals surface area contributed by atoms with Crippen molar-refractivity contribution < 1.29 is 67.8 Å². The van der Waals surface area contributed by atoms with Crippen molar-refractivity contribution in [1.29, 1.82) is 0 Å². The number of esters is 4. The summed E-state index contributed by atoms with van der Waals surface area (Å²) in [5, 5.41) is 39.9. The molecule has 324 valence electrons. The number of Topliss-reactive ketones (excluding diaryl/α,β-unsaturated/α-hetero) is 1. The highest BCUT2D eigenvalue weighted by molar-refractivity contribution is 5.96. The number of hydrogen-bond donors (Lipinski definition) is 4. The molecule has 2 bridgehead atoms. The summed E-state index contributed by atoms with van der Waals surface area (Å²) in [5.74, 6) is 3.63. The van der Waals surface area contributed by atoms with Gasteiger partial charge in [-0.1, -0.05) is 62.4 Å². The Hall–Kier alpha value is -6.28. The van der Waals surface area contributed by atoms with Crippen LogP contribution in [0.25, 0.3) is 0 Å². The molecule has 4 aliphatic rings. The number of ether oxygens (including phenoxy) is 5. The molecule has 1 aliphatic heterocycles. The zero-order valence-electron chi connectivity index (χ0n) is 34.9. The first-order valence-corrected chi connectivity index (χ1v) is 19.9. The SMILES string of the molecule is C#CC#CC#CC(=O)OC1C2C(C)(C(=O)C(OC(C)=O)C3=C(C)C(OC(=O)C(O)C(NC(=O)c4ccccc4)c4ccccc4)CC1(O)C3(C)C)C(O)CC1OC[C@]12OC(C)=O. The monoisotopic (exact) mass is 849 g/mol. The maximum absolute atomic E-state index is 15.4. The van der Waals surface area contributed by atoms with Crippen LogP contribution in [0.1, 0.15) is 76.3 Å². The first-order valence-electron chi connectivity index (χ1n) is 19.9. The lowest BCUT2D eigenvalue weighted by Gasteiger charge is -2.67. The highest BCUT2D eigenvalue weighted by Crippen LogP contribution is 2.64. The zero-order chi connectivity index (χ0) is 45.4. The van der Waals surface area contributed by atoms with E-state index in [-0.39, 0.29) is 29.7 Å². The molecule has 2 saturated carbocycles. The van der Waals surface area contributed by atoms with Gasteiger partial charge in [-0.05, 0) is 66.4 Å². The largest absolute Gasteiger partial charge is 0.456 e. The molecule has 0 aromatic heterocycles. The third kappa shape index (κ3) is 7.76. The topological polar surface area (TPSA) is 221 Å². The Labute approximate surface area is 358 Å². The van der Waals surface area contributed by atoms with Crippen molar-refractivity contribution in [1.82, 2.24) is 5.32 Å². The van der Waals surface area contributed by atoms with Crippen molar-refractivity contribution in [3.63, 3.8) is 0 Å². The van der Waals surface area contributed by atoms with E-state index in [4.69, 9.17) is 30.1 Å². The Morgan fingerprint density at radius 3 is 2.15 bits per heavy atom. The minimum absolute atomic E-state index is 0.0526. The molecule has 1 amide bonds. The van der Waals surface area contributed by atoms with Crippen LogP contribution in [-0.2, 0) is 47.7 Å². The van der Waals surface area contributed by atoms with Crippen molar-refractivity contribution in [2.24, 2.45) is 16.7 Å². The Morgan fingerprint density at radius 2 is 1.56 bits per heavy atom. The average molecular weight is 850 g/mol. The van der Waals surface area contributed by atoms with Gasteiger partial charge in [0.1, 0.15) is 23.9 Å². The maximum atomic E-state index is 15.4. The first-order chi connectivity index (χ1) is 29.2. The Morgan fingerprint density at radius 1 is 0.919 bits per heavy atom. The molecule has 3 fully saturated rings. The molecule has 11 atom stereocenters. The molecule has 15 heteroatoms. The normalized spacial score (nSPS) is 31.3. The number of nitrogens with one attached hydrogen (secondary N) is 1. The number of aliphatic hydroxyl groups is 3. The number of carbonyl (C=O) groups is 6. The summed E-state index contributed by atoms with van der Waals surface area (Å²) in [6.45, 7) is 7.67. The number of benzene rings is 2. The lowest BCUT2D eigenvalue weighted by atomic mass is 9.44. The van der Waals surface area contributed by atoms with Crippen LogP contribution >= 0.6 is 0 Å². The molecule has 0 spiro atoms. The predicted octanol–water partition coefficient (Wildman–Crippen LogP) is 2.06. The van der Waals surface area contributed by atoms with Gasteiger partial charge in [0.25, 0.3) is 5.91 Å². The highest BCUT2D eigenvalue weighted by atomic mass is 16.6. The Kier molecular flexibility index (Phi) is 12.6. The van der Waals surface area contributed by atoms with E-state index >= 15 is 4.79 Å². The van der Waals surface area contributed by atoms with E-state index in [1.54, 1.807) is 60.7 Å². The molecule has 2 aromatic carbocycles. The second-order valence-electron chi connectivity index (χ2n) is 16.6. The molecule has 1 heterocycles. The smallest absolute Gasteiger partial charge is 0.385 e. The molecular formula is C47H47NO14. The van der Waals surface area contributed by atoms with Crippen LogP contribution in [0.5, 0.6) is 0 Å². The average Bonchev–Trinajstić information content (AvgIpc) is 3.22. The third-order valence-electron chi connectivity index (χ3n) is 12.8. The van der Waals surface area contributed by atoms with Gasteiger partial charge in [0.05, 0.1) is 30.1 Å². The summed E-state index contributed by atoms with van der Waals surface area (Å²) < 4.78 is 29.7. The number of hydrogen-bond acceptors (Lipinski definition) is 14. The van der Waals surface area contributed by atoms with Gasteiger partial charge >= 0.3 is 23.9 Å². The second-order valence-corrected chi connectivity index (χ2v) is 16.6. The maximum Gasteiger partial charge on any atom is 0.385 e. The van der Waals surface area contributed by atoms with E-state index in [9.17, 15) is 39.3 Å². The van der Waals surface area contributed by atoms with Crippen molar-refractivity contribution >= 4 is 35.6 Å². The number of amides is 1. The van der Waals surface area contributed by atoms with Gasteiger partial charge in [-0.15, -0.1) is 6.42 Å². The summed E-state index contributed by atoms with van der Waals surface area (Å²) in [7, 11) is 0. The standard InChI is InChI=1S/C47H47NO14/c1-8-9-10-17-22-34(52)61-41-39-45(7,32(51)23-33-46(39,25-58-33)62-28(4)50)40(54)38(59-27(3)49)35-26(2)31(24-47(41,57)44(35,5)6)60-43(56)37(53)36(29-18-13-11-14-19-29)48-42(55)30-20-15-12-16-21-30/h1,11-16,18-21,31-33,36-39,41,51,53,57H,23-25H2,2-7H3,(H,48,55)/t31?,32?,33?,36?,37?,38?,39?,41?,45?,46-,47?/m0/s1. The number of carbonyl (C=O) groups excluding carboxylic acids is 6. The van der Waals surface area contributed by atoms with Crippen LogP contribution in [0.4, 0.5) is 0 Å². The van der Waals surface area contributed by atoms with Crippen LogP contribution in [-0.4, -0.2) is 105 Å². The number of terminal acetylenes is 1. The van der Waals surface area contributed by atoms with Crippen LogP contribution < -0.4 is 5.32 Å². The molecule has 15 nitrogen and oxygen atoms in total. The van der Waals surface area contributed by atoms with Gasteiger partial charge in [-0.2, -0.15) is 0 Å². The van der Waals surface area contributed by atoms with Crippen LogP contribution in [0.3, 0.4) is 0 Å². The van der Waals surface area contributed by atoms with E-state index < -0.39 is 113 Å². The van der Waals surface area contributed by atoms with Crippen molar-refractivity contribution in [2.45, 2.75) is 108 Å². The van der Waals surface area contributed by atoms with Crippen molar-refractivity contribution in [3.05, 3.63) is 82.9 Å². The van der Waals surface area contributed by atoms with Crippen LogP contribution in [0, 0.1) is 52.8 Å². The first kappa shape index (κ1) is 45.3. The molecule has 0 radical (unpaired) electrons. The molecule has 2 aromatic rings. The molecular weight excluding hydrogens is 803 g/mol. The van der Waals surface area contributed by atoms with E-state index in [1.165, 1.54) is 27.7 Å². The van der Waals surface area contributed by atoms with Crippen LogP contribution in [0.2, 0.25) is 0 Å². The number of fused-ring (bicyclic) bond motifs is 5. The zero-order valence-corrected chi connectivity index (χ0v) is 34.9. The fourth-order valence-corrected chi connectivity index (χ4v) is 9.72. The Balaban J connectivity index is 1.53. The molecule has 4 N–H and O–H groups in total. The van der Waals surface area contributed by atoms with Gasteiger partial charge < -0.3 is 44.3 Å². The summed E-state index contributed by atoms with van der Waals surface area (Å²) in [4.78, 5) is 82.6. The summed E-state index contributed by atoms with van der Waals surface area (Å²) in [5.41, 5.74) is -7.45. The molecule has 1 saturated heterocycles. The second kappa shape index (κ2) is 17.2. The number of rotatable bonds is 9. The predicted molar refractivity (Wildman–Crippen MR) is 216 cm³/mol. The van der Waals surface area contributed by atoms with Crippen molar-refractivity contribution in [3.8, 4) is 36.0 Å². The van der Waals surface area contributed by atoms with E-state index in [1.807, 2.05) is 0 Å². The van der Waals surface area contributed by atoms with Gasteiger partial charge in [-0.3, -0.25) is 19.2 Å². The van der Waals surface area contributed by atoms with Gasteiger partial charge in [0.15, 0.2) is 23.6 Å². The minimum atomic E-state index is -2.46. The molecule has 10 unspecified atom stereocenters. The third-order valence-corrected chi connectivity index (χ3v) is 12.8. The molecule has 3 aliphatic carbocycles. The summed E-state index contributed by atoms with van der Waals surface area (Å²) in [6.07, 6.45) is -5.73.